The van der Waals surface area contributed by atoms with E-state index in [2.05, 4.69) is 15.5 Å². The number of carbonyl (C=O) groups excluding carboxylic acids is 1. The highest BCUT2D eigenvalue weighted by atomic mass is 32.2. The van der Waals surface area contributed by atoms with Gasteiger partial charge in [0.25, 0.3) is 0 Å². The molecule has 0 N–H and O–H groups in total. The minimum absolute atomic E-state index is 0.0220. The number of thioether (sulfide) groups is 1. The van der Waals surface area contributed by atoms with Crippen molar-refractivity contribution < 1.29 is 17.9 Å². The van der Waals surface area contributed by atoms with Gasteiger partial charge in [-0.05, 0) is 42.5 Å². The molecule has 1 aromatic heterocycles. The predicted molar refractivity (Wildman–Crippen MR) is 94.4 cm³/mol. The number of rotatable bonds is 7. The molecule has 1 amide bonds. The number of aromatic nitrogens is 4. The van der Waals surface area contributed by atoms with E-state index in [0.717, 1.165) is 32.3 Å². The lowest BCUT2D eigenvalue weighted by molar-refractivity contribution is -0.130. The highest BCUT2D eigenvalue weighted by Gasteiger charge is 2.42. The van der Waals surface area contributed by atoms with E-state index in [1.165, 1.54) is 11.8 Å². The van der Waals surface area contributed by atoms with Gasteiger partial charge in [-0.2, -0.15) is 0 Å². The highest BCUT2D eigenvalue weighted by molar-refractivity contribution is 7.99. The first-order valence-corrected chi connectivity index (χ1v) is 11.8. The molecule has 144 valence electrons. The molecule has 1 aliphatic carbocycles. The van der Waals surface area contributed by atoms with Crippen molar-refractivity contribution in [1.29, 1.82) is 0 Å². The number of tetrazole rings is 1. The van der Waals surface area contributed by atoms with E-state index in [9.17, 15) is 13.2 Å². The molecule has 0 spiro atoms. The Kier molecular flexibility index (Phi) is 5.20. The summed E-state index contributed by atoms with van der Waals surface area (Å²) in [5, 5.41) is 12.3. The van der Waals surface area contributed by atoms with E-state index in [-0.39, 0.29) is 41.4 Å². The first kappa shape index (κ1) is 18.2. The second-order valence-electron chi connectivity index (χ2n) is 7.16. The van der Waals surface area contributed by atoms with Crippen LogP contribution in [0.1, 0.15) is 32.1 Å². The summed E-state index contributed by atoms with van der Waals surface area (Å²) >= 11 is 1.31. The maximum Gasteiger partial charge on any atom is 0.233 e. The van der Waals surface area contributed by atoms with Crippen LogP contribution in [0.2, 0.25) is 0 Å². The van der Waals surface area contributed by atoms with Crippen molar-refractivity contribution in [2.24, 2.45) is 0 Å². The Morgan fingerprint density at radius 1 is 1.27 bits per heavy atom. The molecule has 26 heavy (non-hydrogen) atoms. The Labute approximate surface area is 156 Å². The number of hydrogen-bond donors (Lipinski definition) is 0. The van der Waals surface area contributed by atoms with Crippen molar-refractivity contribution in [2.45, 2.75) is 62.0 Å². The Morgan fingerprint density at radius 2 is 2.12 bits per heavy atom. The zero-order chi connectivity index (χ0) is 18.1. The first-order chi connectivity index (χ1) is 12.5. The van der Waals surface area contributed by atoms with E-state index < -0.39 is 9.84 Å². The summed E-state index contributed by atoms with van der Waals surface area (Å²) in [5.41, 5.74) is 0. The Bertz CT molecular complexity index is 758. The molecule has 4 rings (SSSR count). The summed E-state index contributed by atoms with van der Waals surface area (Å²) in [4.78, 5) is 14.6. The summed E-state index contributed by atoms with van der Waals surface area (Å²) in [7, 11) is -3.01. The van der Waals surface area contributed by atoms with Crippen LogP contribution in [-0.4, -0.2) is 81.5 Å². The molecular weight excluding hydrogens is 378 g/mol. The van der Waals surface area contributed by atoms with Crippen LogP contribution in [0.15, 0.2) is 5.16 Å². The number of carbonyl (C=O) groups is 1. The van der Waals surface area contributed by atoms with Gasteiger partial charge in [-0.15, -0.1) is 5.10 Å². The zero-order valence-electron chi connectivity index (χ0n) is 14.5. The molecule has 1 saturated carbocycles. The Hall–Kier alpha value is -1.20. The van der Waals surface area contributed by atoms with Gasteiger partial charge in [0.2, 0.25) is 11.1 Å². The summed E-state index contributed by atoms with van der Waals surface area (Å²) < 4.78 is 30.9. The van der Waals surface area contributed by atoms with Crippen LogP contribution >= 0.6 is 11.8 Å². The number of amides is 1. The summed E-state index contributed by atoms with van der Waals surface area (Å²) in [6, 6.07) is 0.0211. The second-order valence-corrected chi connectivity index (χ2v) is 10.3. The molecule has 2 aliphatic heterocycles. The van der Waals surface area contributed by atoms with Crippen LogP contribution < -0.4 is 0 Å². The Balaban J connectivity index is 1.36. The van der Waals surface area contributed by atoms with Crippen molar-refractivity contribution in [2.75, 3.05) is 23.9 Å². The van der Waals surface area contributed by atoms with Crippen molar-refractivity contribution in [3.8, 4) is 0 Å². The van der Waals surface area contributed by atoms with Gasteiger partial charge < -0.3 is 9.64 Å². The van der Waals surface area contributed by atoms with Gasteiger partial charge in [-0.3, -0.25) is 4.79 Å². The third kappa shape index (κ3) is 4.20. The lowest BCUT2D eigenvalue weighted by Gasteiger charge is -2.28. The average Bonchev–Trinajstić information content (AvgIpc) is 2.97. The van der Waals surface area contributed by atoms with Gasteiger partial charge in [0.05, 0.1) is 29.9 Å². The topological polar surface area (TPSA) is 107 Å². The third-order valence-electron chi connectivity index (χ3n) is 5.05. The lowest BCUT2D eigenvalue weighted by atomic mass is 10.2. The average molecular weight is 402 g/mol. The molecule has 3 aliphatic rings. The summed E-state index contributed by atoms with van der Waals surface area (Å²) in [6.07, 6.45) is 4.64. The first-order valence-electron chi connectivity index (χ1n) is 9.04. The number of nitrogens with zero attached hydrogens (tertiary/aromatic N) is 5. The van der Waals surface area contributed by atoms with Crippen molar-refractivity contribution in [1.82, 2.24) is 25.1 Å². The lowest BCUT2D eigenvalue weighted by Crippen LogP contribution is -2.43. The second kappa shape index (κ2) is 7.43. The van der Waals surface area contributed by atoms with Crippen LogP contribution in [0.5, 0.6) is 0 Å². The van der Waals surface area contributed by atoms with E-state index in [0.29, 0.717) is 18.1 Å². The molecule has 2 atom stereocenters. The van der Waals surface area contributed by atoms with Crippen molar-refractivity contribution in [3.63, 3.8) is 0 Å². The minimum Gasteiger partial charge on any atom is -0.376 e. The number of ether oxygens (including phenoxy) is 1. The molecule has 3 heterocycles. The van der Waals surface area contributed by atoms with Crippen molar-refractivity contribution >= 4 is 27.5 Å². The predicted octanol–water partition coefficient (Wildman–Crippen LogP) is 0.122. The molecule has 2 saturated heterocycles. The van der Waals surface area contributed by atoms with Crippen LogP contribution in [0.4, 0.5) is 0 Å². The fraction of sp³-hybridized carbons (Fsp3) is 0.867. The molecule has 3 fully saturated rings. The molecular formula is C15H23N5O4S2. The largest absolute Gasteiger partial charge is 0.376 e. The Morgan fingerprint density at radius 3 is 2.77 bits per heavy atom. The quantitative estimate of drug-likeness (QED) is 0.593. The third-order valence-corrected chi connectivity index (χ3v) is 7.75. The molecule has 0 bridgehead atoms. The summed E-state index contributed by atoms with van der Waals surface area (Å²) in [6.45, 7) is 1.37. The summed E-state index contributed by atoms with van der Waals surface area (Å²) in [5.74, 6) is 0.475. The molecule has 1 aromatic rings. The normalized spacial score (nSPS) is 27.7. The van der Waals surface area contributed by atoms with Crippen LogP contribution in [0, 0.1) is 0 Å². The highest BCUT2D eigenvalue weighted by Crippen LogP contribution is 2.33. The van der Waals surface area contributed by atoms with Gasteiger partial charge in [-0.25, -0.2) is 13.1 Å². The van der Waals surface area contributed by atoms with E-state index >= 15 is 0 Å². The number of sulfone groups is 1. The fourth-order valence-electron chi connectivity index (χ4n) is 3.65. The van der Waals surface area contributed by atoms with Crippen molar-refractivity contribution in [3.05, 3.63) is 0 Å². The van der Waals surface area contributed by atoms with E-state index in [4.69, 9.17) is 4.74 Å². The zero-order valence-corrected chi connectivity index (χ0v) is 16.1. The monoisotopic (exact) mass is 401 g/mol. The maximum absolute atomic E-state index is 12.8. The molecule has 11 heteroatoms. The van der Waals surface area contributed by atoms with E-state index in [1.54, 1.807) is 4.68 Å². The van der Waals surface area contributed by atoms with Gasteiger partial charge in [0, 0.05) is 18.7 Å². The molecule has 9 nitrogen and oxygen atoms in total. The smallest absolute Gasteiger partial charge is 0.233 e. The van der Waals surface area contributed by atoms with Gasteiger partial charge in [-0.1, -0.05) is 11.8 Å². The fourth-order valence-corrected chi connectivity index (χ4v) is 6.12. The molecule has 0 radical (unpaired) electrons. The van der Waals surface area contributed by atoms with Crippen LogP contribution in [-0.2, 0) is 25.9 Å². The van der Waals surface area contributed by atoms with Crippen LogP contribution in [0.3, 0.4) is 0 Å². The molecule has 0 unspecified atom stereocenters. The minimum atomic E-state index is -3.01. The molecule has 0 aromatic carbocycles. The van der Waals surface area contributed by atoms with Gasteiger partial charge in [0.1, 0.15) is 0 Å². The van der Waals surface area contributed by atoms with E-state index in [1.807, 2.05) is 4.90 Å². The van der Waals surface area contributed by atoms with Crippen LogP contribution in [0.25, 0.3) is 0 Å². The van der Waals surface area contributed by atoms with Gasteiger partial charge >= 0.3 is 0 Å². The standard InChI is InChI=1S/C15H23N5O4S2/c21-14(20(11-3-4-11)12-5-7-26(22,23)10-12)9-25-15-16-17-18-19(15)8-13-2-1-6-24-13/h11-13H,1-10H2/t12-,13+/m0/s1. The SMILES string of the molecule is O=C(CSc1nnnn1C[C@H]1CCCO1)N(C1CC1)[C@H]1CCS(=O)(=O)C1. The maximum atomic E-state index is 12.8. The number of hydrogen-bond acceptors (Lipinski definition) is 8. The van der Waals surface area contributed by atoms with Gasteiger partial charge in [0.15, 0.2) is 9.84 Å².